The van der Waals surface area contributed by atoms with E-state index in [-0.39, 0.29) is 24.4 Å². The first kappa shape index (κ1) is 19.4. The molecule has 1 amide bonds. The van der Waals surface area contributed by atoms with Gasteiger partial charge in [0.05, 0.1) is 5.92 Å². The smallest absolute Gasteiger partial charge is 0.336 e. The van der Waals surface area contributed by atoms with Crippen LogP contribution in [-0.4, -0.2) is 11.9 Å². The molecule has 144 valence electrons. The largest absolute Gasteiger partial charge is 0.460 e. The van der Waals surface area contributed by atoms with Gasteiger partial charge in [-0.1, -0.05) is 37.3 Å². The first-order valence-electron chi connectivity index (χ1n) is 9.04. The summed E-state index contributed by atoms with van der Waals surface area (Å²) in [6.07, 6.45) is 0.612. The fraction of sp³-hybridized carbons (Fsp3) is 0.227. The maximum Gasteiger partial charge on any atom is 0.336 e. The van der Waals surface area contributed by atoms with Gasteiger partial charge in [0.1, 0.15) is 12.2 Å². The molecule has 1 unspecified atom stereocenters. The van der Waals surface area contributed by atoms with Crippen LogP contribution >= 0.6 is 0 Å². The van der Waals surface area contributed by atoms with E-state index in [9.17, 15) is 14.4 Å². The standard InChI is InChI=1S/C22H21NO5/c1-3-18(15-7-5-4-6-8-15)22(26)27-13-16-11-21(25)28-20-12-17(23-14(2)24)9-10-19(16)20/h4-12,18H,3,13H2,1-2H3,(H,23,24). The molecule has 3 rings (SSSR count). The first-order chi connectivity index (χ1) is 13.5. The maximum atomic E-state index is 12.6. The number of hydrogen-bond donors (Lipinski definition) is 1. The van der Waals surface area contributed by atoms with Crippen LogP contribution in [0.3, 0.4) is 0 Å². The van der Waals surface area contributed by atoms with Crippen LogP contribution in [0.25, 0.3) is 11.0 Å². The number of carbonyl (C=O) groups is 2. The third-order valence-corrected chi connectivity index (χ3v) is 4.42. The summed E-state index contributed by atoms with van der Waals surface area (Å²) in [6, 6.07) is 15.8. The molecule has 2 aromatic carbocycles. The Morgan fingerprint density at radius 1 is 1.11 bits per heavy atom. The highest BCUT2D eigenvalue weighted by molar-refractivity contribution is 5.92. The van der Waals surface area contributed by atoms with Crippen LogP contribution in [0.2, 0.25) is 0 Å². The first-order valence-corrected chi connectivity index (χ1v) is 9.04. The highest BCUT2D eigenvalue weighted by Crippen LogP contribution is 2.24. The Balaban J connectivity index is 1.82. The predicted molar refractivity (Wildman–Crippen MR) is 106 cm³/mol. The molecule has 0 aliphatic rings. The van der Waals surface area contributed by atoms with Crippen molar-refractivity contribution >= 4 is 28.5 Å². The molecule has 3 aromatic rings. The van der Waals surface area contributed by atoms with E-state index < -0.39 is 5.63 Å². The molecule has 0 saturated heterocycles. The molecule has 0 radical (unpaired) electrons. The Bertz CT molecular complexity index is 1060. The average Bonchev–Trinajstić information content (AvgIpc) is 2.66. The summed E-state index contributed by atoms with van der Waals surface area (Å²) in [5, 5.41) is 3.29. The normalized spacial score (nSPS) is 11.8. The minimum Gasteiger partial charge on any atom is -0.460 e. The van der Waals surface area contributed by atoms with Gasteiger partial charge < -0.3 is 14.5 Å². The number of rotatable bonds is 6. The lowest BCUT2D eigenvalue weighted by atomic mass is 9.97. The molecule has 1 aromatic heterocycles. The van der Waals surface area contributed by atoms with E-state index in [0.717, 1.165) is 5.56 Å². The summed E-state index contributed by atoms with van der Waals surface area (Å²) in [5.41, 5.74) is 1.74. The van der Waals surface area contributed by atoms with Gasteiger partial charge in [-0.25, -0.2) is 4.79 Å². The number of esters is 1. The molecule has 1 atom stereocenters. The molecule has 0 bridgehead atoms. The van der Waals surface area contributed by atoms with Crippen molar-refractivity contribution in [2.75, 3.05) is 5.32 Å². The minimum absolute atomic E-state index is 0.0379. The fourth-order valence-electron chi connectivity index (χ4n) is 3.10. The van der Waals surface area contributed by atoms with Gasteiger partial charge in [0, 0.05) is 35.7 Å². The Kier molecular flexibility index (Phi) is 5.89. The van der Waals surface area contributed by atoms with Gasteiger partial charge in [-0.05, 0) is 24.1 Å². The summed E-state index contributed by atoms with van der Waals surface area (Å²) in [7, 11) is 0. The van der Waals surface area contributed by atoms with Crippen LogP contribution in [0.4, 0.5) is 5.69 Å². The molecule has 6 nitrogen and oxygen atoms in total. The van der Waals surface area contributed by atoms with E-state index in [4.69, 9.17) is 9.15 Å². The lowest BCUT2D eigenvalue weighted by molar-refractivity contribution is -0.146. The average molecular weight is 379 g/mol. The number of nitrogens with one attached hydrogen (secondary N) is 1. The molecule has 0 aliphatic carbocycles. The number of carbonyl (C=O) groups excluding carboxylic acids is 2. The zero-order valence-electron chi connectivity index (χ0n) is 15.7. The number of hydrogen-bond acceptors (Lipinski definition) is 5. The number of anilines is 1. The van der Waals surface area contributed by atoms with E-state index in [1.807, 2.05) is 37.3 Å². The minimum atomic E-state index is -0.548. The second kappa shape index (κ2) is 8.52. The molecule has 1 heterocycles. The molecule has 0 spiro atoms. The molecule has 0 fully saturated rings. The van der Waals surface area contributed by atoms with E-state index in [0.29, 0.717) is 28.6 Å². The summed E-state index contributed by atoms with van der Waals surface area (Å²) in [4.78, 5) is 35.7. The van der Waals surface area contributed by atoms with Crippen molar-refractivity contribution in [3.8, 4) is 0 Å². The van der Waals surface area contributed by atoms with Crippen LogP contribution in [-0.2, 0) is 20.9 Å². The van der Waals surface area contributed by atoms with Gasteiger partial charge in [0.25, 0.3) is 0 Å². The van der Waals surface area contributed by atoms with Gasteiger partial charge >= 0.3 is 11.6 Å². The third-order valence-electron chi connectivity index (χ3n) is 4.42. The fourth-order valence-corrected chi connectivity index (χ4v) is 3.10. The Hall–Kier alpha value is -3.41. The van der Waals surface area contributed by atoms with Crippen molar-refractivity contribution in [1.82, 2.24) is 0 Å². The summed E-state index contributed by atoms with van der Waals surface area (Å²) < 4.78 is 10.7. The van der Waals surface area contributed by atoms with E-state index >= 15 is 0 Å². The third kappa shape index (κ3) is 4.46. The second-order valence-electron chi connectivity index (χ2n) is 6.46. The predicted octanol–water partition coefficient (Wildman–Crippen LogP) is 3.99. The number of ether oxygens (including phenoxy) is 1. The zero-order chi connectivity index (χ0) is 20.1. The topological polar surface area (TPSA) is 85.6 Å². The van der Waals surface area contributed by atoms with Gasteiger partial charge in [0.2, 0.25) is 5.91 Å². The zero-order valence-corrected chi connectivity index (χ0v) is 15.7. The van der Waals surface area contributed by atoms with Crippen LogP contribution in [0.1, 0.15) is 37.3 Å². The number of fused-ring (bicyclic) bond motifs is 1. The van der Waals surface area contributed by atoms with Crippen LogP contribution < -0.4 is 10.9 Å². The molecule has 28 heavy (non-hydrogen) atoms. The van der Waals surface area contributed by atoms with Crippen molar-refractivity contribution in [1.29, 1.82) is 0 Å². The van der Waals surface area contributed by atoms with Crippen LogP contribution in [0.15, 0.2) is 63.8 Å². The Labute approximate surface area is 162 Å². The van der Waals surface area contributed by atoms with Crippen molar-refractivity contribution in [2.24, 2.45) is 0 Å². The quantitative estimate of drug-likeness (QED) is 0.517. The molecule has 6 heteroatoms. The highest BCUT2D eigenvalue weighted by atomic mass is 16.5. The number of amides is 1. The molecular formula is C22H21NO5. The lowest BCUT2D eigenvalue weighted by Crippen LogP contribution is -2.16. The SMILES string of the molecule is CCC(C(=O)OCc1cc(=O)oc2cc(NC(C)=O)ccc12)c1ccccc1. The van der Waals surface area contributed by atoms with Crippen LogP contribution in [0, 0.1) is 0 Å². The van der Waals surface area contributed by atoms with Gasteiger partial charge in [-0.2, -0.15) is 0 Å². The monoisotopic (exact) mass is 379 g/mol. The van der Waals surface area contributed by atoms with Gasteiger partial charge in [-0.15, -0.1) is 0 Å². The van der Waals surface area contributed by atoms with Gasteiger partial charge in [0.15, 0.2) is 0 Å². The highest BCUT2D eigenvalue weighted by Gasteiger charge is 2.20. The summed E-state index contributed by atoms with van der Waals surface area (Å²) in [5.74, 6) is -0.929. The summed E-state index contributed by atoms with van der Waals surface area (Å²) in [6.45, 7) is 3.28. The summed E-state index contributed by atoms with van der Waals surface area (Å²) >= 11 is 0. The molecule has 0 aliphatic heterocycles. The van der Waals surface area contributed by atoms with Crippen molar-refractivity contribution < 1.29 is 18.7 Å². The van der Waals surface area contributed by atoms with E-state index in [1.165, 1.54) is 13.0 Å². The molecule has 0 saturated carbocycles. The van der Waals surface area contributed by atoms with E-state index in [2.05, 4.69) is 5.32 Å². The molecular weight excluding hydrogens is 358 g/mol. The lowest BCUT2D eigenvalue weighted by Gasteiger charge is -2.15. The van der Waals surface area contributed by atoms with Crippen molar-refractivity contribution in [3.05, 3.63) is 76.1 Å². The molecule has 1 N–H and O–H groups in total. The van der Waals surface area contributed by atoms with Gasteiger partial charge in [-0.3, -0.25) is 9.59 Å². The number of benzene rings is 2. The van der Waals surface area contributed by atoms with Crippen molar-refractivity contribution in [2.45, 2.75) is 32.8 Å². The Morgan fingerprint density at radius 3 is 2.54 bits per heavy atom. The Morgan fingerprint density at radius 2 is 1.86 bits per heavy atom. The van der Waals surface area contributed by atoms with E-state index in [1.54, 1.807) is 18.2 Å². The maximum absolute atomic E-state index is 12.6. The van der Waals surface area contributed by atoms with Crippen LogP contribution in [0.5, 0.6) is 0 Å². The second-order valence-corrected chi connectivity index (χ2v) is 6.46. The van der Waals surface area contributed by atoms with Crippen molar-refractivity contribution in [3.63, 3.8) is 0 Å².